The molecule has 0 spiro atoms. The van der Waals surface area contributed by atoms with Crippen molar-refractivity contribution >= 4 is 11.4 Å². The van der Waals surface area contributed by atoms with Crippen LogP contribution in [0.15, 0.2) is 109 Å². The summed E-state index contributed by atoms with van der Waals surface area (Å²) in [6.45, 7) is 11.4. The molecule has 0 saturated carbocycles. The smallest absolute Gasteiger partial charge is 0.0733 e. The highest BCUT2D eigenvalue weighted by Gasteiger charge is 2.20. The van der Waals surface area contributed by atoms with Crippen molar-refractivity contribution in [2.45, 2.75) is 26.3 Å². The van der Waals surface area contributed by atoms with Crippen molar-refractivity contribution in [3.8, 4) is 0 Å². The van der Waals surface area contributed by atoms with Gasteiger partial charge in [0.15, 0.2) is 0 Å². The predicted molar refractivity (Wildman–Crippen MR) is 177 cm³/mol. The summed E-state index contributed by atoms with van der Waals surface area (Å²) in [6.07, 6.45) is 0. The van der Waals surface area contributed by atoms with Crippen LogP contribution in [0.1, 0.15) is 22.3 Å². The van der Waals surface area contributed by atoms with Gasteiger partial charge in [-0.1, -0.05) is 97.1 Å². The SMILES string of the molecule is COCc1ccccc1N1CCN(Cc2ccccc2)CC1.OCc1ccccc1N1CCN(Cc2ccccc2)CC1. The average molecular weight is 579 g/mol. The van der Waals surface area contributed by atoms with Crippen LogP contribution in [0.25, 0.3) is 0 Å². The fourth-order valence-corrected chi connectivity index (χ4v) is 6.03. The molecule has 1 N–H and O–H groups in total. The summed E-state index contributed by atoms with van der Waals surface area (Å²) in [4.78, 5) is 9.89. The number of hydrogen-bond donors (Lipinski definition) is 1. The number of aliphatic hydroxyl groups is 1. The monoisotopic (exact) mass is 578 g/mol. The van der Waals surface area contributed by atoms with Crippen LogP contribution in [0.2, 0.25) is 0 Å². The molecule has 2 fully saturated rings. The molecule has 2 heterocycles. The zero-order valence-corrected chi connectivity index (χ0v) is 25.5. The van der Waals surface area contributed by atoms with E-state index in [4.69, 9.17) is 4.74 Å². The average Bonchev–Trinajstić information content (AvgIpc) is 3.07. The second-order valence-corrected chi connectivity index (χ2v) is 11.3. The molecule has 0 aromatic heterocycles. The van der Waals surface area contributed by atoms with E-state index in [2.05, 4.69) is 111 Å². The zero-order chi connectivity index (χ0) is 29.7. The number of methoxy groups -OCH3 is 1. The first-order valence-corrected chi connectivity index (χ1v) is 15.5. The molecule has 43 heavy (non-hydrogen) atoms. The third kappa shape index (κ3) is 8.91. The maximum absolute atomic E-state index is 9.46. The Morgan fingerprint density at radius 3 is 1.35 bits per heavy atom. The van der Waals surface area contributed by atoms with Gasteiger partial charge in [-0.05, 0) is 23.3 Å². The van der Waals surface area contributed by atoms with Gasteiger partial charge in [0.25, 0.3) is 0 Å². The molecule has 2 aliphatic rings. The van der Waals surface area contributed by atoms with Crippen molar-refractivity contribution in [1.29, 1.82) is 0 Å². The van der Waals surface area contributed by atoms with Crippen molar-refractivity contribution in [3.63, 3.8) is 0 Å². The minimum Gasteiger partial charge on any atom is -0.392 e. The topological polar surface area (TPSA) is 42.4 Å². The summed E-state index contributed by atoms with van der Waals surface area (Å²) in [6, 6.07) is 38.1. The summed E-state index contributed by atoms with van der Waals surface area (Å²) < 4.78 is 5.32. The van der Waals surface area contributed by atoms with E-state index in [0.717, 1.165) is 71.0 Å². The first kappa shape index (κ1) is 30.8. The van der Waals surface area contributed by atoms with Gasteiger partial charge in [-0.3, -0.25) is 9.80 Å². The van der Waals surface area contributed by atoms with Crippen LogP contribution >= 0.6 is 0 Å². The Kier molecular flexibility index (Phi) is 11.6. The van der Waals surface area contributed by atoms with E-state index in [9.17, 15) is 5.11 Å². The molecule has 0 unspecified atom stereocenters. The molecular weight excluding hydrogens is 532 g/mol. The number of nitrogens with zero attached hydrogens (tertiary/aromatic N) is 4. The van der Waals surface area contributed by atoms with Gasteiger partial charge in [0, 0.05) is 95.1 Å². The molecule has 2 aliphatic heterocycles. The van der Waals surface area contributed by atoms with Gasteiger partial charge in [-0.25, -0.2) is 0 Å². The van der Waals surface area contributed by atoms with Gasteiger partial charge >= 0.3 is 0 Å². The van der Waals surface area contributed by atoms with Crippen molar-refractivity contribution in [2.75, 3.05) is 69.3 Å². The molecule has 6 rings (SSSR count). The lowest BCUT2D eigenvalue weighted by Gasteiger charge is -2.37. The zero-order valence-electron chi connectivity index (χ0n) is 25.5. The van der Waals surface area contributed by atoms with E-state index in [0.29, 0.717) is 6.61 Å². The predicted octanol–water partition coefficient (Wildman–Crippen LogP) is 5.66. The lowest BCUT2D eigenvalue weighted by molar-refractivity contribution is 0.184. The van der Waals surface area contributed by atoms with Gasteiger partial charge in [0.05, 0.1) is 13.2 Å². The van der Waals surface area contributed by atoms with E-state index in [1.165, 1.54) is 28.1 Å². The molecule has 2 saturated heterocycles. The Bertz CT molecular complexity index is 1350. The highest BCUT2D eigenvalue weighted by Crippen LogP contribution is 2.24. The molecule has 6 heteroatoms. The lowest BCUT2D eigenvalue weighted by atomic mass is 10.1. The molecule has 4 aromatic carbocycles. The molecule has 0 amide bonds. The van der Waals surface area contributed by atoms with Crippen molar-refractivity contribution in [2.24, 2.45) is 0 Å². The van der Waals surface area contributed by atoms with Crippen LogP contribution in [-0.2, 0) is 31.0 Å². The normalized spacial score (nSPS) is 16.0. The van der Waals surface area contributed by atoms with Gasteiger partial charge in [-0.2, -0.15) is 0 Å². The largest absolute Gasteiger partial charge is 0.392 e. The molecule has 0 atom stereocenters. The van der Waals surface area contributed by atoms with Crippen LogP contribution in [0.5, 0.6) is 0 Å². The van der Waals surface area contributed by atoms with E-state index in [1.54, 1.807) is 7.11 Å². The van der Waals surface area contributed by atoms with E-state index >= 15 is 0 Å². The van der Waals surface area contributed by atoms with Crippen LogP contribution in [-0.4, -0.2) is 74.4 Å². The number of benzene rings is 4. The minimum absolute atomic E-state index is 0.112. The van der Waals surface area contributed by atoms with Gasteiger partial charge < -0.3 is 19.6 Å². The summed E-state index contributed by atoms with van der Waals surface area (Å²) in [5, 5.41) is 9.46. The van der Waals surface area contributed by atoms with E-state index < -0.39 is 0 Å². The Morgan fingerprint density at radius 2 is 0.907 bits per heavy atom. The number of rotatable bonds is 9. The Labute approximate surface area is 257 Å². The molecule has 0 radical (unpaired) electrons. The number of hydrogen-bond acceptors (Lipinski definition) is 6. The number of anilines is 2. The minimum atomic E-state index is 0.112. The van der Waals surface area contributed by atoms with Crippen LogP contribution in [0, 0.1) is 0 Å². The second kappa shape index (κ2) is 16.2. The number of ether oxygens (including phenoxy) is 1. The molecule has 4 aromatic rings. The van der Waals surface area contributed by atoms with Crippen molar-refractivity contribution < 1.29 is 9.84 Å². The summed E-state index contributed by atoms with van der Waals surface area (Å²) >= 11 is 0. The number of para-hydroxylation sites is 2. The second-order valence-electron chi connectivity index (χ2n) is 11.3. The first-order valence-electron chi connectivity index (χ1n) is 15.5. The number of piperazine rings is 2. The standard InChI is InChI=1S/C19H24N2O.C18H22N2O/c1-22-16-18-9-5-6-10-19(18)21-13-11-20(12-14-21)15-17-7-3-2-4-8-17;21-15-17-8-4-5-9-18(17)20-12-10-19(11-13-20)14-16-6-2-1-3-7-16/h2-10H,11-16H2,1H3;1-9,21H,10-15H2. The molecule has 226 valence electrons. The Morgan fingerprint density at radius 1 is 0.512 bits per heavy atom. The van der Waals surface area contributed by atoms with Crippen molar-refractivity contribution in [3.05, 3.63) is 131 Å². The van der Waals surface area contributed by atoms with Gasteiger partial charge in [0.1, 0.15) is 0 Å². The quantitative estimate of drug-likeness (QED) is 0.277. The van der Waals surface area contributed by atoms with Crippen LogP contribution in [0.3, 0.4) is 0 Å². The maximum atomic E-state index is 9.46. The molecule has 0 aliphatic carbocycles. The maximum Gasteiger partial charge on any atom is 0.0733 e. The third-order valence-corrected chi connectivity index (χ3v) is 8.38. The highest BCUT2D eigenvalue weighted by atomic mass is 16.5. The molecular formula is C37H46N4O2. The molecule has 0 bridgehead atoms. The Hall–Kier alpha value is -3.68. The van der Waals surface area contributed by atoms with E-state index in [-0.39, 0.29) is 6.61 Å². The van der Waals surface area contributed by atoms with Crippen molar-refractivity contribution in [1.82, 2.24) is 9.80 Å². The summed E-state index contributed by atoms with van der Waals surface area (Å²) in [5.74, 6) is 0. The highest BCUT2D eigenvalue weighted by molar-refractivity contribution is 5.54. The summed E-state index contributed by atoms with van der Waals surface area (Å²) in [5.41, 5.74) is 7.58. The fourth-order valence-electron chi connectivity index (χ4n) is 6.03. The third-order valence-electron chi connectivity index (χ3n) is 8.38. The molecule has 6 nitrogen and oxygen atoms in total. The fraction of sp³-hybridized carbons (Fsp3) is 0.351. The van der Waals surface area contributed by atoms with Crippen LogP contribution in [0.4, 0.5) is 11.4 Å². The summed E-state index contributed by atoms with van der Waals surface area (Å²) in [7, 11) is 1.76. The van der Waals surface area contributed by atoms with E-state index in [1.807, 2.05) is 18.2 Å². The Balaban J connectivity index is 0.000000171. The van der Waals surface area contributed by atoms with Gasteiger partial charge in [-0.15, -0.1) is 0 Å². The van der Waals surface area contributed by atoms with Gasteiger partial charge in [0.2, 0.25) is 0 Å². The first-order chi connectivity index (χ1) is 21.2. The number of aliphatic hydroxyl groups excluding tert-OH is 1. The lowest BCUT2D eigenvalue weighted by Crippen LogP contribution is -2.46. The van der Waals surface area contributed by atoms with Crippen LogP contribution < -0.4 is 9.80 Å².